The van der Waals surface area contributed by atoms with Gasteiger partial charge in [0.2, 0.25) is 59.1 Å². The van der Waals surface area contributed by atoms with Crippen LogP contribution in [0.2, 0.25) is 0 Å². The maximum atomic E-state index is 15.4. The molecule has 95 heavy (non-hydrogen) atoms. The number of likely N-dealkylation sites (N-methyl/N-ethyl adjacent to an activating group) is 7. The van der Waals surface area contributed by atoms with Gasteiger partial charge in [0.1, 0.15) is 60.4 Å². The highest BCUT2D eigenvalue weighted by molar-refractivity contribution is 8.00. The summed E-state index contributed by atoms with van der Waals surface area (Å²) in [5.74, 6) is -10.1. The summed E-state index contributed by atoms with van der Waals surface area (Å²) >= 11 is 1.11. The molecule has 0 saturated carbocycles. The summed E-state index contributed by atoms with van der Waals surface area (Å²) in [6, 6.07) is -13.2. The Labute approximate surface area is 574 Å². The number of nitrogens with one attached hydrogen (secondary N) is 4. The van der Waals surface area contributed by atoms with Gasteiger partial charge >= 0.3 is 0 Å². The minimum absolute atomic E-state index is 0.0371. The Morgan fingerprint density at radius 2 is 0.958 bits per heavy atom. The number of aliphatic hydroxyl groups excluding tert-OH is 1. The fraction of sp³-hybridized carbons (Fsp3) is 0.812. The van der Waals surface area contributed by atoms with Gasteiger partial charge in [-0.3, -0.25) is 52.7 Å². The molecule has 25 nitrogen and oxygen atoms in total. The first-order chi connectivity index (χ1) is 43.5. The average molecular weight is 1360 g/mol. The van der Waals surface area contributed by atoms with Gasteiger partial charge in [0.25, 0.3) is 5.91 Å². The SMILES string of the molecule is C/C=C/C[C@@H](C)[C@@H](O)[C@H]1C(=O)N[C@@H](CC)C(=O)N(C)[C@H](SCCN(C)C(C)(C)C)C(=O)N(C)[C@@H](CC(C)(C)O)C(=O)N[C@@H](C(C)C)C(=O)N(C)[C@@H](CC(C)C)C(=O)N[C@@H](C)C(=O)N[C@H](C)C(=O)N(C)[C@@H](CC(C)C)C(=O)N(C)[C@@H](CC(C)C)C(=O)N(C)[C@@H](C(C)C)C(=O)N1C. The highest BCUT2D eigenvalue weighted by Gasteiger charge is 2.47. The molecule has 0 aromatic rings. The average Bonchev–Trinajstić information content (AvgIpc) is 0.818. The lowest BCUT2D eigenvalue weighted by atomic mass is 9.91. The van der Waals surface area contributed by atoms with Crippen molar-refractivity contribution in [2.75, 3.05) is 68.7 Å². The predicted molar refractivity (Wildman–Crippen MR) is 374 cm³/mol. The fourth-order valence-electron chi connectivity index (χ4n) is 11.5. The molecular formula is C69H126N12O13S. The second-order valence-corrected chi connectivity index (χ2v) is 31.2. The molecule has 1 aliphatic heterocycles. The number of hydrogen-bond donors (Lipinski definition) is 6. The maximum Gasteiger partial charge on any atom is 0.256 e. The summed E-state index contributed by atoms with van der Waals surface area (Å²) in [4.78, 5) is 175. The molecule has 1 heterocycles. The van der Waals surface area contributed by atoms with E-state index >= 15 is 33.6 Å². The van der Waals surface area contributed by atoms with E-state index in [0.29, 0.717) is 6.54 Å². The zero-order valence-electron chi connectivity index (χ0n) is 63.1. The molecule has 0 bridgehead atoms. The first kappa shape index (κ1) is 87.2. The Balaban J connectivity index is 4.61. The van der Waals surface area contributed by atoms with Crippen molar-refractivity contribution in [3.63, 3.8) is 0 Å². The van der Waals surface area contributed by atoms with Crippen molar-refractivity contribution >= 4 is 76.7 Å². The highest BCUT2D eigenvalue weighted by Crippen LogP contribution is 2.28. The largest absolute Gasteiger partial charge is 0.390 e. The van der Waals surface area contributed by atoms with E-state index in [1.165, 1.54) is 102 Å². The van der Waals surface area contributed by atoms with Gasteiger partial charge in [-0.1, -0.05) is 95.2 Å². The molecule has 546 valence electrons. The van der Waals surface area contributed by atoms with Crippen LogP contribution in [0.25, 0.3) is 0 Å². The van der Waals surface area contributed by atoms with Crippen molar-refractivity contribution in [2.45, 2.75) is 260 Å². The predicted octanol–water partition coefficient (Wildman–Crippen LogP) is 4.17. The molecule has 1 fully saturated rings. The summed E-state index contributed by atoms with van der Waals surface area (Å²) < 4.78 is 0. The van der Waals surface area contributed by atoms with Crippen LogP contribution in [0.5, 0.6) is 0 Å². The molecule has 0 unspecified atom stereocenters. The summed E-state index contributed by atoms with van der Waals surface area (Å²) in [5, 5.41) is 33.4. The van der Waals surface area contributed by atoms with E-state index in [2.05, 4.69) is 26.2 Å². The number of hydrogen-bond acceptors (Lipinski definition) is 15. The quantitative estimate of drug-likeness (QED) is 0.0990. The molecule has 26 heteroatoms. The van der Waals surface area contributed by atoms with Gasteiger partial charge < -0.3 is 70.7 Å². The number of amides is 11. The van der Waals surface area contributed by atoms with E-state index in [1.54, 1.807) is 60.6 Å². The molecule has 1 rings (SSSR count). The Hall–Kier alpha value is -5.86. The maximum absolute atomic E-state index is 15.4. The highest BCUT2D eigenvalue weighted by atomic mass is 32.2. The lowest BCUT2D eigenvalue weighted by Gasteiger charge is -2.41. The lowest BCUT2D eigenvalue weighted by Crippen LogP contribution is -2.64. The number of aliphatic hydroxyl groups is 2. The summed E-state index contributed by atoms with van der Waals surface area (Å²) in [6.07, 6.45) is 2.32. The summed E-state index contributed by atoms with van der Waals surface area (Å²) in [7, 11) is 11.8. The molecule has 11 amide bonds. The van der Waals surface area contributed by atoms with E-state index in [9.17, 15) is 29.4 Å². The van der Waals surface area contributed by atoms with Crippen molar-refractivity contribution in [1.82, 2.24) is 60.5 Å². The van der Waals surface area contributed by atoms with Gasteiger partial charge in [-0.05, 0) is 130 Å². The van der Waals surface area contributed by atoms with Crippen molar-refractivity contribution in [2.24, 2.45) is 35.5 Å². The zero-order chi connectivity index (χ0) is 74.0. The number of thioether (sulfide) groups is 1. The zero-order valence-corrected chi connectivity index (χ0v) is 63.9. The molecular weight excluding hydrogens is 1240 g/mol. The Bertz CT molecular complexity index is 2620. The smallest absolute Gasteiger partial charge is 0.256 e. The van der Waals surface area contributed by atoms with Crippen LogP contribution in [-0.4, -0.2) is 266 Å². The van der Waals surface area contributed by atoms with Gasteiger partial charge in [-0.15, -0.1) is 11.8 Å². The molecule has 1 saturated heterocycles. The molecule has 1 aliphatic rings. The number of allylic oxidation sites excluding steroid dienone is 2. The van der Waals surface area contributed by atoms with Gasteiger partial charge in [0.15, 0.2) is 5.37 Å². The second kappa shape index (κ2) is 38.3. The third-order valence-corrected chi connectivity index (χ3v) is 19.3. The van der Waals surface area contributed by atoms with Gasteiger partial charge in [-0.25, -0.2) is 0 Å². The van der Waals surface area contributed by atoms with E-state index in [4.69, 9.17) is 0 Å². The van der Waals surface area contributed by atoms with Crippen molar-refractivity contribution in [3.05, 3.63) is 12.2 Å². The number of nitrogens with zero attached hydrogens (tertiary/aromatic N) is 8. The standard InChI is InChI=1S/C69H126N12O13S/c1-29-31-32-44(13)55(82)54-59(86)72-47(30-2)61(88)81(28)67(95-34-33-74(21)68(16,17)18)66(93)78(25)51(38-69(19,20)94)58(85)73-52(42(9)10)64(91)75(22)48(35-39(3)4)57(84)70-45(14)56(83)71-46(15)60(87)76(23)49(36-40(5)6)62(89)77(24)50(37-41(7)8)63(90)79(26)53(43(11)12)65(92)80(54)27/h29,31,39-55,67,82,94H,30,32-38H2,1-28H3,(H,70,84)(H,71,83)(H,72,86)(H,73,85)/b31-29+/t44-,45+,46-,47+,48+,49+,50+,51+,52+,53+,54+,55-,67-/m1/s1. The van der Waals surface area contributed by atoms with Crippen LogP contribution in [0.4, 0.5) is 0 Å². The number of carbonyl (C=O) groups excluding carboxylic acids is 11. The molecule has 0 spiro atoms. The van der Waals surface area contributed by atoms with Crippen LogP contribution >= 0.6 is 11.8 Å². The van der Waals surface area contributed by atoms with E-state index in [1.807, 2.05) is 69.4 Å². The van der Waals surface area contributed by atoms with E-state index in [-0.39, 0.29) is 67.6 Å². The van der Waals surface area contributed by atoms with Crippen LogP contribution in [0.1, 0.15) is 177 Å². The fourth-order valence-corrected chi connectivity index (χ4v) is 12.8. The van der Waals surface area contributed by atoms with Crippen LogP contribution in [0, 0.1) is 35.5 Å². The van der Waals surface area contributed by atoms with Gasteiger partial charge in [0, 0.05) is 73.6 Å². The molecule has 0 aromatic heterocycles. The van der Waals surface area contributed by atoms with Crippen LogP contribution in [0.3, 0.4) is 0 Å². The van der Waals surface area contributed by atoms with Crippen LogP contribution in [-0.2, 0) is 52.7 Å². The summed E-state index contributed by atoms with van der Waals surface area (Å²) in [6.45, 7) is 35.4. The lowest BCUT2D eigenvalue weighted by molar-refractivity contribution is -0.157. The first-order valence-corrected chi connectivity index (χ1v) is 35.0. The van der Waals surface area contributed by atoms with Gasteiger partial charge in [0.05, 0.1) is 11.7 Å². The van der Waals surface area contributed by atoms with Crippen molar-refractivity contribution < 1.29 is 63.0 Å². The van der Waals surface area contributed by atoms with Gasteiger partial charge in [-0.2, -0.15) is 0 Å². The normalized spacial score (nSPS) is 26.5. The van der Waals surface area contributed by atoms with Crippen LogP contribution < -0.4 is 21.3 Å². The van der Waals surface area contributed by atoms with E-state index in [0.717, 1.165) is 21.6 Å². The van der Waals surface area contributed by atoms with Crippen molar-refractivity contribution in [3.8, 4) is 0 Å². The third kappa shape index (κ3) is 25.2. The number of rotatable bonds is 19. The third-order valence-electron chi connectivity index (χ3n) is 18.0. The first-order valence-electron chi connectivity index (χ1n) is 34.0. The minimum Gasteiger partial charge on any atom is -0.390 e. The molecule has 13 atom stereocenters. The van der Waals surface area contributed by atoms with E-state index < -0.39 is 160 Å². The molecule has 0 aromatic carbocycles. The number of carbonyl (C=O) groups is 11. The second-order valence-electron chi connectivity index (χ2n) is 30.0. The molecule has 0 aliphatic carbocycles. The minimum atomic E-state index is -1.67. The Kier molecular flexibility index (Phi) is 35.2. The molecule has 6 N–H and O–H groups in total. The Morgan fingerprint density at radius 1 is 0.516 bits per heavy atom. The van der Waals surface area contributed by atoms with Crippen LogP contribution in [0.15, 0.2) is 12.2 Å². The topological polar surface area (TPSA) is 302 Å². The monoisotopic (exact) mass is 1360 g/mol. The summed E-state index contributed by atoms with van der Waals surface area (Å²) in [5.41, 5.74) is -1.89. The Morgan fingerprint density at radius 3 is 1.41 bits per heavy atom. The van der Waals surface area contributed by atoms with Crippen molar-refractivity contribution in [1.29, 1.82) is 0 Å². The molecule has 0 radical (unpaired) electrons.